The normalized spacial score (nSPS) is 21.7. The molecule has 0 bridgehead atoms. The highest BCUT2D eigenvalue weighted by Gasteiger charge is 2.52. The van der Waals surface area contributed by atoms with Crippen LogP contribution in [0.15, 0.2) is 24.2 Å². The van der Waals surface area contributed by atoms with Crippen molar-refractivity contribution in [2.24, 2.45) is 0 Å². The molecule has 0 amide bonds. The van der Waals surface area contributed by atoms with Gasteiger partial charge in [-0.25, -0.2) is 9.97 Å². The van der Waals surface area contributed by atoms with Gasteiger partial charge in [0.25, 0.3) is 0 Å². The number of hydrogen-bond acceptors (Lipinski definition) is 5. The fourth-order valence-electron chi connectivity index (χ4n) is 1.78. The summed E-state index contributed by atoms with van der Waals surface area (Å²) >= 11 is 4.37. The first kappa shape index (κ1) is 14.6. The topological polar surface area (TPSA) is 44.2 Å². The molecule has 102 valence electrons. The van der Waals surface area contributed by atoms with E-state index in [4.69, 9.17) is 9.31 Å². The summed E-state index contributed by atoms with van der Waals surface area (Å²) in [5, 5.41) is 0. The van der Waals surface area contributed by atoms with Crippen LogP contribution < -0.4 is 0 Å². The van der Waals surface area contributed by atoms with Crippen LogP contribution in [-0.4, -0.2) is 34.0 Å². The molecule has 4 nitrogen and oxygen atoms in total. The Morgan fingerprint density at radius 1 is 1.21 bits per heavy atom. The molecule has 2 rings (SSSR count). The van der Waals surface area contributed by atoms with E-state index in [0.717, 1.165) is 11.0 Å². The van der Waals surface area contributed by atoms with Crippen LogP contribution in [-0.2, 0) is 9.31 Å². The van der Waals surface area contributed by atoms with E-state index in [2.05, 4.69) is 22.6 Å². The molecule has 1 aromatic heterocycles. The monoisotopic (exact) mass is 278 g/mol. The van der Waals surface area contributed by atoms with Gasteiger partial charge in [0.15, 0.2) is 0 Å². The van der Waals surface area contributed by atoms with E-state index >= 15 is 0 Å². The van der Waals surface area contributed by atoms with Crippen LogP contribution in [0.3, 0.4) is 0 Å². The van der Waals surface area contributed by atoms with Crippen LogP contribution in [0.1, 0.15) is 33.3 Å². The summed E-state index contributed by atoms with van der Waals surface area (Å²) < 4.78 is 12.0. The quantitative estimate of drug-likeness (QED) is 0.681. The Kier molecular flexibility index (Phi) is 4.04. The first-order valence-electron chi connectivity index (χ1n) is 6.28. The SMILES string of the molecule is CC1(C)OB(C(=Cc2cncnc2)CS)OC1(C)C. The zero-order chi connectivity index (χ0) is 14.1. The van der Waals surface area contributed by atoms with Gasteiger partial charge in [-0.2, -0.15) is 12.6 Å². The summed E-state index contributed by atoms with van der Waals surface area (Å²) in [6.45, 7) is 8.15. The maximum Gasteiger partial charge on any atom is 0.491 e. The van der Waals surface area contributed by atoms with Gasteiger partial charge in [0.1, 0.15) is 6.33 Å². The number of hydrogen-bond donors (Lipinski definition) is 1. The van der Waals surface area contributed by atoms with E-state index in [1.807, 2.05) is 33.8 Å². The van der Waals surface area contributed by atoms with Crippen LogP contribution in [0, 0.1) is 0 Å². The molecule has 0 aromatic carbocycles. The van der Waals surface area contributed by atoms with Crippen LogP contribution in [0.2, 0.25) is 0 Å². The lowest BCUT2D eigenvalue weighted by Gasteiger charge is -2.32. The molecule has 1 aliphatic rings. The highest BCUT2D eigenvalue weighted by atomic mass is 32.1. The van der Waals surface area contributed by atoms with Crippen LogP contribution >= 0.6 is 12.6 Å². The van der Waals surface area contributed by atoms with Crippen molar-refractivity contribution in [1.82, 2.24) is 9.97 Å². The maximum atomic E-state index is 6.01. The zero-order valence-corrected chi connectivity index (χ0v) is 12.6. The highest BCUT2D eigenvalue weighted by Crippen LogP contribution is 2.38. The Morgan fingerprint density at radius 2 is 1.74 bits per heavy atom. The van der Waals surface area contributed by atoms with Crippen molar-refractivity contribution >= 4 is 25.8 Å². The fraction of sp³-hybridized carbons (Fsp3) is 0.538. The van der Waals surface area contributed by atoms with Gasteiger partial charge in [-0.15, -0.1) is 0 Å². The average molecular weight is 278 g/mol. The van der Waals surface area contributed by atoms with E-state index < -0.39 is 0 Å². The van der Waals surface area contributed by atoms with Gasteiger partial charge in [0.05, 0.1) is 11.2 Å². The number of rotatable bonds is 3. The molecule has 0 spiro atoms. The minimum absolute atomic E-state index is 0.340. The lowest BCUT2D eigenvalue weighted by atomic mass is 9.78. The summed E-state index contributed by atoms with van der Waals surface area (Å²) in [5.41, 5.74) is 1.21. The largest absolute Gasteiger partial charge is 0.491 e. The molecule has 0 radical (unpaired) electrons. The van der Waals surface area contributed by atoms with E-state index in [9.17, 15) is 0 Å². The molecule has 0 unspecified atom stereocenters. The van der Waals surface area contributed by atoms with Gasteiger partial charge < -0.3 is 9.31 Å². The molecule has 6 heteroatoms. The van der Waals surface area contributed by atoms with Gasteiger partial charge in [-0.05, 0) is 33.2 Å². The third-order valence-electron chi connectivity index (χ3n) is 3.67. The molecule has 0 aliphatic carbocycles. The predicted octanol–water partition coefficient (Wildman–Crippen LogP) is 2.42. The van der Waals surface area contributed by atoms with Gasteiger partial charge >= 0.3 is 7.12 Å². The van der Waals surface area contributed by atoms with Crippen LogP contribution in [0.4, 0.5) is 0 Å². The molecule has 0 saturated carbocycles. The first-order chi connectivity index (χ1) is 8.86. The van der Waals surface area contributed by atoms with Crippen molar-refractivity contribution in [3.63, 3.8) is 0 Å². The van der Waals surface area contributed by atoms with Crippen molar-refractivity contribution in [1.29, 1.82) is 0 Å². The average Bonchev–Trinajstić information content (AvgIpc) is 2.56. The summed E-state index contributed by atoms with van der Waals surface area (Å²) in [6.07, 6.45) is 6.98. The molecule has 2 heterocycles. The van der Waals surface area contributed by atoms with Crippen molar-refractivity contribution in [2.75, 3.05) is 5.75 Å². The Morgan fingerprint density at radius 3 is 2.21 bits per heavy atom. The van der Waals surface area contributed by atoms with Crippen molar-refractivity contribution in [3.05, 3.63) is 29.8 Å². The molecular formula is C13H19BN2O2S. The van der Waals surface area contributed by atoms with Crippen molar-refractivity contribution < 1.29 is 9.31 Å². The lowest BCUT2D eigenvalue weighted by molar-refractivity contribution is 0.00578. The van der Waals surface area contributed by atoms with E-state index in [1.54, 1.807) is 12.4 Å². The Labute approximate surface area is 120 Å². The summed E-state index contributed by atoms with van der Waals surface area (Å²) in [7, 11) is -0.372. The first-order valence-corrected chi connectivity index (χ1v) is 6.91. The minimum atomic E-state index is -0.372. The maximum absolute atomic E-state index is 6.01. The van der Waals surface area contributed by atoms with Crippen LogP contribution in [0.5, 0.6) is 0 Å². The molecule has 1 saturated heterocycles. The van der Waals surface area contributed by atoms with Gasteiger partial charge in [-0.1, -0.05) is 6.08 Å². The van der Waals surface area contributed by atoms with E-state index in [1.165, 1.54) is 6.33 Å². The van der Waals surface area contributed by atoms with E-state index in [0.29, 0.717) is 5.75 Å². The van der Waals surface area contributed by atoms with Crippen molar-refractivity contribution in [2.45, 2.75) is 38.9 Å². The summed E-state index contributed by atoms with van der Waals surface area (Å²) in [6, 6.07) is 0. The Bertz CT molecular complexity index is 461. The Hall–Kier alpha value is -0.845. The van der Waals surface area contributed by atoms with Gasteiger partial charge in [0, 0.05) is 23.7 Å². The second kappa shape index (κ2) is 5.27. The predicted molar refractivity (Wildman–Crippen MR) is 79.9 cm³/mol. The number of thiol groups is 1. The smallest absolute Gasteiger partial charge is 0.400 e. The third-order valence-corrected chi connectivity index (χ3v) is 4.04. The van der Waals surface area contributed by atoms with Gasteiger partial charge in [-0.3, -0.25) is 0 Å². The van der Waals surface area contributed by atoms with Gasteiger partial charge in [0.2, 0.25) is 0 Å². The zero-order valence-electron chi connectivity index (χ0n) is 11.8. The molecule has 1 fully saturated rings. The molecule has 1 aromatic rings. The second-order valence-corrected chi connectivity index (χ2v) is 5.95. The highest BCUT2D eigenvalue weighted by molar-refractivity contribution is 7.80. The standard InChI is InChI=1S/C13H19BN2O2S/c1-12(2)13(3,4)18-14(17-12)11(8-19)5-10-6-15-9-16-7-10/h5-7,9,19H,8H2,1-4H3. The molecular weight excluding hydrogens is 259 g/mol. The molecule has 0 atom stereocenters. The van der Waals surface area contributed by atoms with E-state index in [-0.39, 0.29) is 18.3 Å². The molecule has 19 heavy (non-hydrogen) atoms. The molecule has 1 aliphatic heterocycles. The number of nitrogens with zero attached hydrogens (tertiary/aromatic N) is 2. The lowest BCUT2D eigenvalue weighted by Crippen LogP contribution is -2.41. The molecule has 0 N–H and O–H groups in total. The van der Waals surface area contributed by atoms with Crippen LogP contribution in [0.25, 0.3) is 6.08 Å². The summed E-state index contributed by atoms with van der Waals surface area (Å²) in [4.78, 5) is 7.99. The number of aromatic nitrogens is 2. The summed E-state index contributed by atoms with van der Waals surface area (Å²) in [5.74, 6) is 0.561. The third kappa shape index (κ3) is 3.01. The van der Waals surface area contributed by atoms with Crippen molar-refractivity contribution in [3.8, 4) is 0 Å². The Balaban J connectivity index is 2.23. The fourth-order valence-corrected chi connectivity index (χ4v) is 2.02. The minimum Gasteiger partial charge on any atom is -0.400 e. The second-order valence-electron chi connectivity index (χ2n) is 5.64.